The summed E-state index contributed by atoms with van der Waals surface area (Å²) < 4.78 is 17.7. The van der Waals surface area contributed by atoms with Gasteiger partial charge in [0.05, 0.1) is 16.5 Å². The van der Waals surface area contributed by atoms with Crippen molar-refractivity contribution in [3.05, 3.63) is 47.7 Å². The van der Waals surface area contributed by atoms with Gasteiger partial charge in [-0.05, 0) is 32.9 Å². The summed E-state index contributed by atoms with van der Waals surface area (Å²) in [7, 11) is -1.02. The van der Waals surface area contributed by atoms with Crippen LogP contribution in [0.25, 0.3) is 0 Å². The van der Waals surface area contributed by atoms with E-state index in [1.165, 1.54) is 0 Å². The first kappa shape index (κ1) is 21.6. The second-order valence-corrected chi connectivity index (χ2v) is 6.80. The van der Waals surface area contributed by atoms with Crippen LogP contribution >= 0.6 is 24.0 Å². The zero-order chi connectivity index (χ0) is 17.4. The maximum absolute atomic E-state index is 12.2. The third-order valence-electron chi connectivity index (χ3n) is 3.38. The molecule has 2 N–H and O–H groups in total. The van der Waals surface area contributed by atoms with E-state index in [9.17, 15) is 4.21 Å². The number of guanidine groups is 1. The molecule has 1 unspecified atom stereocenters. The molecule has 0 amide bonds. The number of benzene rings is 1. The number of aryl methyl sites for hydroxylation is 2. The molecule has 0 aliphatic carbocycles. The number of halogens is 1. The SMILES string of the molecule is CCNC(=NCc1nc(C)c(C)o1)NCCS(=O)c1ccccc1.I. The average molecular weight is 476 g/mol. The van der Waals surface area contributed by atoms with E-state index >= 15 is 0 Å². The maximum atomic E-state index is 12.2. The normalized spacial score (nSPS) is 12.4. The predicted molar refractivity (Wildman–Crippen MR) is 112 cm³/mol. The number of hydrogen-bond acceptors (Lipinski definition) is 4. The Labute approximate surface area is 168 Å². The molecule has 2 rings (SSSR count). The van der Waals surface area contributed by atoms with Gasteiger partial charge in [0.25, 0.3) is 0 Å². The molecule has 25 heavy (non-hydrogen) atoms. The van der Waals surface area contributed by atoms with Crippen LogP contribution in [0.5, 0.6) is 0 Å². The summed E-state index contributed by atoms with van der Waals surface area (Å²) in [5.41, 5.74) is 0.886. The summed E-state index contributed by atoms with van der Waals surface area (Å²) in [6.45, 7) is 7.48. The molecule has 0 aliphatic heterocycles. The number of rotatable bonds is 7. The zero-order valence-corrected chi connectivity index (χ0v) is 17.9. The predicted octanol–water partition coefficient (Wildman–Crippen LogP) is 2.77. The van der Waals surface area contributed by atoms with Crippen molar-refractivity contribution < 1.29 is 8.63 Å². The molecule has 0 aliphatic rings. The van der Waals surface area contributed by atoms with Crippen LogP contribution < -0.4 is 10.6 Å². The monoisotopic (exact) mass is 476 g/mol. The van der Waals surface area contributed by atoms with Crippen molar-refractivity contribution in [3.8, 4) is 0 Å². The van der Waals surface area contributed by atoms with Gasteiger partial charge < -0.3 is 15.1 Å². The quantitative estimate of drug-likeness (QED) is 0.365. The van der Waals surface area contributed by atoms with Gasteiger partial charge in [-0.15, -0.1) is 24.0 Å². The lowest BCUT2D eigenvalue weighted by molar-refractivity contribution is 0.473. The van der Waals surface area contributed by atoms with Crippen molar-refractivity contribution in [3.63, 3.8) is 0 Å². The van der Waals surface area contributed by atoms with Gasteiger partial charge >= 0.3 is 0 Å². The van der Waals surface area contributed by atoms with Crippen molar-refractivity contribution in [1.29, 1.82) is 0 Å². The number of aliphatic imine (C=N–C) groups is 1. The molecule has 1 heterocycles. The fraction of sp³-hybridized carbons (Fsp3) is 0.412. The van der Waals surface area contributed by atoms with Gasteiger partial charge in [-0.25, -0.2) is 9.98 Å². The molecule has 2 aromatic rings. The van der Waals surface area contributed by atoms with Crippen molar-refractivity contribution in [2.45, 2.75) is 32.2 Å². The number of nitrogens with zero attached hydrogens (tertiary/aromatic N) is 2. The van der Waals surface area contributed by atoms with Gasteiger partial charge in [-0.3, -0.25) is 4.21 Å². The van der Waals surface area contributed by atoms with E-state index in [2.05, 4.69) is 20.6 Å². The van der Waals surface area contributed by atoms with Gasteiger partial charge in [0.2, 0.25) is 5.89 Å². The Hall–Kier alpha value is -1.42. The van der Waals surface area contributed by atoms with Crippen LogP contribution in [0.3, 0.4) is 0 Å². The Morgan fingerprint density at radius 2 is 1.96 bits per heavy atom. The molecule has 8 heteroatoms. The minimum atomic E-state index is -1.02. The molecule has 0 saturated carbocycles. The minimum absolute atomic E-state index is 0. The van der Waals surface area contributed by atoms with E-state index in [1.807, 2.05) is 51.1 Å². The molecule has 0 saturated heterocycles. The van der Waals surface area contributed by atoms with Gasteiger partial charge in [0, 0.05) is 23.7 Å². The maximum Gasteiger partial charge on any atom is 0.216 e. The summed E-state index contributed by atoms with van der Waals surface area (Å²) in [6, 6.07) is 9.46. The molecule has 1 aromatic carbocycles. The Bertz CT molecular complexity index is 684. The Kier molecular flexibility index (Phi) is 9.73. The second-order valence-electron chi connectivity index (χ2n) is 5.23. The first-order valence-electron chi connectivity index (χ1n) is 7.98. The standard InChI is InChI=1S/C17H24N4O2S.HI/c1-4-18-17(20-12-16-21-13(2)14(3)23-16)19-10-11-24(22)15-8-6-5-7-9-15;/h5-9H,4,10-12H2,1-3H3,(H2,18,19,20);1H. The third-order valence-corrected chi connectivity index (χ3v) is 4.75. The van der Waals surface area contributed by atoms with Gasteiger partial charge in [0.15, 0.2) is 5.96 Å². The third kappa shape index (κ3) is 7.15. The molecule has 6 nitrogen and oxygen atoms in total. The second kappa shape index (κ2) is 11.2. The topological polar surface area (TPSA) is 79.5 Å². The van der Waals surface area contributed by atoms with Crippen molar-refractivity contribution in [2.75, 3.05) is 18.8 Å². The smallest absolute Gasteiger partial charge is 0.216 e. The van der Waals surface area contributed by atoms with Crippen molar-refractivity contribution in [1.82, 2.24) is 15.6 Å². The molecular weight excluding hydrogens is 451 g/mol. The van der Waals surface area contributed by atoms with Crippen LogP contribution in [0, 0.1) is 13.8 Å². The zero-order valence-electron chi connectivity index (χ0n) is 14.7. The molecule has 1 atom stereocenters. The fourth-order valence-corrected chi connectivity index (χ4v) is 3.03. The lowest BCUT2D eigenvalue weighted by atomic mass is 10.4. The van der Waals surface area contributed by atoms with E-state index in [-0.39, 0.29) is 24.0 Å². The number of oxazole rings is 1. The van der Waals surface area contributed by atoms with E-state index in [1.54, 1.807) is 0 Å². The average Bonchev–Trinajstić information content (AvgIpc) is 2.91. The highest BCUT2D eigenvalue weighted by atomic mass is 127. The first-order chi connectivity index (χ1) is 11.6. The van der Waals surface area contributed by atoms with E-state index in [0.29, 0.717) is 30.7 Å². The molecular formula is C17H25IN4O2S. The van der Waals surface area contributed by atoms with E-state index in [0.717, 1.165) is 22.9 Å². The summed E-state index contributed by atoms with van der Waals surface area (Å²) in [5.74, 6) is 2.59. The summed E-state index contributed by atoms with van der Waals surface area (Å²) in [5, 5.41) is 6.35. The van der Waals surface area contributed by atoms with Gasteiger partial charge in [0.1, 0.15) is 12.3 Å². The van der Waals surface area contributed by atoms with E-state index < -0.39 is 10.8 Å². The highest BCUT2D eigenvalue weighted by molar-refractivity contribution is 14.0. The van der Waals surface area contributed by atoms with E-state index in [4.69, 9.17) is 4.42 Å². The van der Waals surface area contributed by atoms with Crippen LogP contribution in [0.2, 0.25) is 0 Å². The minimum Gasteiger partial charge on any atom is -0.444 e. The summed E-state index contributed by atoms with van der Waals surface area (Å²) in [4.78, 5) is 9.60. The fourth-order valence-electron chi connectivity index (χ4n) is 2.05. The Balaban J connectivity index is 0.00000312. The van der Waals surface area contributed by atoms with Crippen molar-refractivity contribution >= 4 is 40.7 Å². The lowest BCUT2D eigenvalue weighted by Gasteiger charge is -2.10. The van der Waals surface area contributed by atoms with Gasteiger partial charge in [-0.1, -0.05) is 18.2 Å². The van der Waals surface area contributed by atoms with Crippen molar-refractivity contribution in [2.24, 2.45) is 4.99 Å². The summed E-state index contributed by atoms with van der Waals surface area (Å²) in [6.07, 6.45) is 0. The summed E-state index contributed by atoms with van der Waals surface area (Å²) >= 11 is 0. The molecule has 0 spiro atoms. The van der Waals surface area contributed by atoms with Crippen LogP contribution in [0.15, 0.2) is 44.6 Å². The number of nitrogens with one attached hydrogen (secondary N) is 2. The molecule has 0 bridgehead atoms. The van der Waals surface area contributed by atoms with Crippen LogP contribution in [0.4, 0.5) is 0 Å². The number of hydrogen-bond donors (Lipinski definition) is 2. The highest BCUT2D eigenvalue weighted by Crippen LogP contribution is 2.09. The van der Waals surface area contributed by atoms with Gasteiger partial charge in [-0.2, -0.15) is 0 Å². The molecule has 138 valence electrons. The molecule has 1 aromatic heterocycles. The Morgan fingerprint density at radius 1 is 1.24 bits per heavy atom. The first-order valence-corrected chi connectivity index (χ1v) is 9.30. The lowest BCUT2D eigenvalue weighted by Crippen LogP contribution is -2.39. The van der Waals surface area contributed by atoms with Crippen LogP contribution in [-0.2, 0) is 17.3 Å². The molecule has 0 fully saturated rings. The van der Waals surface area contributed by atoms with Crippen LogP contribution in [-0.4, -0.2) is 34.0 Å². The Morgan fingerprint density at radius 3 is 2.56 bits per heavy atom. The van der Waals surface area contributed by atoms with Crippen LogP contribution in [0.1, 0.15) is 24.3 Å². The largest absolute Gasteiger partial charge is 0.444 e. The molecule has 0 radical (unpaired) electrons. The number of aromatic nitrogens is 1. The highest BCUT2D eigenvalue weighted by Gasteiger charge is 2.06.